The van der Waals surface area contributed by atoms with Gasteiger partial charge in [0.15, 0.2) is 0 Å². The summed E-state index contributed by atoms with van der Waals surface area (Å²) in [6.07, 6.45) is 4.63. The van der Waals surface area contributed by atoms with E-state index in [0.29, 0.717) is 12.4 Å². The van der Waals surface area contributed by atoms with Gasteiger partial charge in [0.1, 0.15) is 0 Å². The lowest BCUT2D eigenvalue weighted by atomic mass is 9.84. The highest BCUT2D eigenvalue weighted by Crippen LogP contribution is 2.01. The second-order valence-electron chi connectivity index (χ2n) is 5.93. The molecule has 0 aliphatic heterocycles. The molecule has 22 heavy (non-hydrogen) atoms. The van der Waals surface area contributed by atoms with Gasteiger partial charge in [0, 0.05) is 12.6 Å². The quantitative estimate of drug-likeness (QED) is 0.611. The van der Waals surface area contributed by atoms with Crippen molar-refractivity contribution >= 4 is 7.12 Å². The molecule has 0 heterocycles. The first kappa shape index (κ1) is 21.1. The van der Waals surface area contributed by atoms with Crippen LogP contribution in [0.15, 0.2) is 30.3 Å². The average molecular weight is 308 g/mol. The number of rotatable bonds is 9. The summed E-state index contributed by atoms with van der Waals surface area (Å²) in [5, 5.41) is 16.5. The first-order valence-corrected chi connectivity index (χ1v) is 8.29. The number of nitrogens with two attached hydrogens (primary N) is 1. The van der Waals surface area contributed by atoms with Crippen molar-refractivity contribution in [2.75, 3.05) is 20.1 Å². The molecule has 0 spiro atoms. The second kappa shape index (κ2) is 13.8. The van der Waals surface area contributed by atoms with Crippen LogP contribution in [0, 0.1) is 0 Å². The van der Waals surface area contributed by atoms with E-state index < -0.39 is 7.12 Å². The summed E-state index contributed by atoms with van der Waals surface area (Å²) in [7, 11) is 1.06. The lowest BCUT2D eigenvalue weighted by Gasteiger charge is -2.17. The van der Waals surface area contributed by atoms with E-state index in [4.69, 9.17) is 15.8 Å². The molecule has 0 aliphatic carbocycles. The van der Waals surface area contributed by atoms with E-state index in [1.807, 2.05) is 6.92 Å². The van der Waals surface area contributed by atoms with Gasteiger partial charge in [-0.1, -0.05) is 50.1 Å². The Bertz CT molecular complexity index is 348. The van der Waals surface area contributed by atoms with Crippen molar-refractivity contribution < 1.29 is 10.0 Å². The molecule has 1 atom stereocenters. The van der Waals surface area contributed by atoms with Gasteiger partial charge in [-0.05, 0) is 45.2 Å². The Labute approximate surface area is 136 Å². The van der Waals surface area contributed by atoms with Gasteiger partial charge in [0.25, 0.3) is 0 Å². The van der Waals surface area contributed by atoms with Gasteiger partial charge in [-0.25, -0.2) is 0 Å². The number of unbranched alkanes of at least 4 members (excludes halogenated alkanes) is 1. The maximum atomic E-state index is 8.24. The van der Waals surface area contributed by atoms with Gasteiger partial charge < -0.3 is 20.7 Å². The number of likely N-dealkylation sites (N-methyl/N-ethyl adjacent to an activating group) is 1. The third-order valence-electron chi connectivity index (χ3n) is 3.41. The Balaban J connectivity index is 0.000000534. The third-order valence-corrected chi connectivity index (χ3v) is 3.41. The molecule has 0 unspecified atom stereocenters. The van der Waals surface area contributed by atoms with Crippen LogP contribution >= 0.6 is 0 Å². The Hall–Kier alpha value is -0.875. The van der Waals surface area contributed by atoms with Crippen molar-refractivity contribution in [2.45, 2.75) is 51.9 Å². The van der Waals surface area contributed by atoms with Crippen LogP contribution in [-0.2, 0) is 6.42 Å². The van der Waals surface area contributed by atoms with Crippen molar-refractivity contribution in [1.82, 2.24) is 4.90 Å². The molecule has 0 fully saturated rings. The van der Waals surface area contributed by atoms with Gasteiger partial charge >= 0.3 is 7.12 Å². The second-order valence-corrected chi connectivity index (χ2v) is 5.93. The molecule has 1 rings (SSSR count). The minimum atomic E-state index is -1.10. The Kier molecular flexibility index (Phi) is 13.2. The zero-order valence-electron chi connectivity index (χ0n) is 14.4. The van der Waals surface area contributed by atoms with Crippen molar-refractivity contribution in [3.8, 4) is 0 Å². The van der Waals surface area contributed by atoms with Crippen LogP contribution in [-0.4, -0.2) is 48.2 Å². The molecule has 1 aromatic rings. The van der Waals surface area contributed by atoms with Gasteiger partial charge in [-0.15, -0.1) is 0 Å². The summed E-state index contributed by atoms with van der Waals surface area (Å²) in [6.45, 7) is 6.27. The van der Waals surface area contributed by atoms with Crippen LogP contribution in [0.3, 0.4) is 0 Å². The lowest BCUT2D eigenvalue weighted by molar-refractivity contribution is 0.324. The van der Waals surface area contributed by atoms with Crippen molar-refractivity contribution in [2.24, 2.45) is 5.73 Å². The average Bonchev–Trinajstić information content (AvgIpc) is 2.50. The SMILES string of the molecule is CCCCB(O)O.C[C@H](N)CCN(C)CCc1ccccc1. The molecule has 0 aromatic heterocycles. The van der Waals surface area contributed by atoms with Crippen LogP contribution in [0.4, 0.5) is 0 Å². The molecular formula is C17H33BN2O2. The normalized spacial score (nSPS) is 11.8. The molecule has 5 heteroatoms. The molecule has 0 bridgehead atoms. The molecule has 1 aromatic carbocycles. The first-order chi connectivity index (χ1) is 10.5. The summed E-state index contributed by atoms with van der Waals surface area (Å²) in [5.41, 5.74) is 7.13. The highest BCUT2D eigenvalue weighted by Gasteiger charge is 2.02. The standard InChI is InChI=1S/C13H22N2.C4H11BO2/c1-12(14)8-10-15(2)11-9-13-6-4-3-5-7-13;1-2-3-4-5(6)7/h3-7,12H,8-11,14H2,1-2H3;6-7H,2-4H2,1H3/t12-;/m0./s1. The van der Waals surface area contributed by atoms with E-state index >= 15 is 0 Å². The van der Waals surface area contributed by atoms with E-state index in [9.17, 15) is 0 Å². The van der Waals surface area contributed by atoms with Crippen LogP contribution < -0.4 is 5.73 Å². The summed E-state index contributed by atoms with van der Waals surface area (Å²) >= 11 is 0. The van der Waals surface area contributed by atoms with E-state index in [1.54, 1.807) is 0 Å². The molecule has 4 N–H and O–H groups in total. The number of hydrogen-bond acceptors (Lipinski definition) is 4. The largest absolute Gasteiger partial charge is 0.451 e. The van der Waals surface area contributed by atoms with Crippen LogP contribution in [0.1, 0.15) is 38.7 Å². The maximum Gasteiger partial charge on any atom is 0.451 e. The summed E-state index contributed by atoms with van der Waals surface area (Å²) in [5.74, 6) is 0. The van der Waals surface area contributed by atoms with Crippen molar-refractivity contribution in [3.05, 3.63) is 35.9 Å². The molecule has 126 valence electrons. The van der Waals surface area contributed by atoms with E-state index in [-0.39, 0.29) is 0 Å². The van der Waals surface area contributed by atoms with Gasteiger partial charge in [0.05, 0.1) is 0 Å². The Morgan fingerprint density at radius 3 is 2.27 bits per heavy atom. The first-order valence-electron chi connectivity index (χ1n) is 8.29. The summed E-state index contributed by atoms with van der Waals surface area (Å²) in [6, 6.07) is 10.9. The Morgan fingerprint density at radius 2 is 1.82 bits per heavy atom. The van der Waals surface area contributed by atoms with Crippen LogP contribution in [0.2, 0.25) is 6.32 Å². The fourth-order valence-electron chi connectivity index (χ4n) is 1.89. The zero-order chi connectivity index (χ0) is 16.8. The van der Waals surface area contributed by atoms with Crippen LogP contribution in [0.5, 0.6) is 0 Å². The molecule has 0 aliphatic rings. The molecule has 0 saturated carbocycles. The van der Waals surface area contributed by atoms with Crippen LogP contribution in [0.25, 0.3) is 0 Å². The maximum absolute atomic E-state index is 8.24. The smallest absolute Gasteiger partial charge is 0.427 e. The third kappa shape index (κ3) is 14.1. The predicted octanol–water partition coefficient (Wildman–Crippen LogP) is 2.16. The highest BCUT2D eigenvalue weighted by atomic mass is 16.4. The van der Waals surface area contributed by atoms with Crippen molar-refractivity contribution in [1.29, 1.82) is 0 Å². The van der Waals surface area contributed by atoms with E-state index in [1.165, 1.54) is 5.56 Å². The number of benzene rings is 1. The predicted molar refractivity (Wildman–Crippen MR) is 95.8 cm³/mol. The molecule has 0 radical (unpaired) electrons. The van der Waals surface area contributed by atoms with E-state index in [2.05, 4.69) is 49.2 Å². The van der Waals surface area contributed by atoms with Gasteiger partial charge in [0.2, 0.25) is 0 Å². The molecule has 0 amide bonds. The Morgan fingerprint density at radius 1 is 1.18 bits per heavy atom. The fraction of sp³-hybridized carbons (Fsp3) is 0.647. The van der Waals surface area contributed by atoms with Gasteiger partial charge in [-0.3, -0.25) is 0 Å². The fourth-order valence-corrected chi connectivity index (χ4v) is 1.89. The number of nitrogens with zero attached hydrogens (tertiary/aromatic N) is 1. The zero-order valence-corrected chi connectivity index (χ0v) is 14.4. The summed E-state index contributed by atoms with van der Waals surface area (Å²) in [4.78, 5) is 2.34. The minimum absolute atomic E-state index is 0.309. The topological polar surface area (TPSA) is 69.7 Å². The minimum Gasteiger partial charge on any atom is -0.427 e. The summed E-state index contributed by atoms with van der Waals surface area (Å²) < 4.78 is 0. The molecular weight excluding hydrogens is 275 g/mol. The lowest BCUT2D eigenvalue weighted by Crippen LogP contribution is -2.27. The molecule has 4 nitrogen and oxygen atoms in total. The van der Waals surface area contributed by atoms with Gasteiger partial charge in [-0.2, -0.15) is 0 Å². The van der Waals surface area contributed by atoms with Crippen molar-refractivity contribution in [3.63, 3.8) is 0 Å². The number of hydrogen-bond donors (Lipinski definition) is 3. The monoisotopic (exact) mass is 308 g/mol. The van der Waals surface area contributed by atoms with E-state index in [0.717, 1.165) is 38.8 Å². The molecule has 0 saturated heterocycles. The highest BCUT2D eigenvalue weighted by molar-refractivity contribution is 6.40.